The Bertz CT molecular complexity index is 1280. The molecule has 0 saturated carbocycles. The average molecular weight is 1360 g/mol. The Balaban J connectivity index is 7.64. The Morgan fingerprint density at radius 1 is 0.280 bits per heavy atom. The molecule has 0 aromatic rings. The summed E-state index contributed by atoms with van der Waals surface area (Å²) in [6.07, 6.45) is 0. The van der Waals surface area contributed by atoms with Crippen LogP contribution in [0.5, 0.6) is 0 Å². The molecule has 0 aliphatic rings. The minimum Gasteiger partial charge on any atom is -0.750 e. The second-order valence-corrected chi connectivity index (χ2v) is 30.1. The van der Waals surface area contributed by atoms with E-state index in [0.29, 0.717) is 0 Å². The summed E-state index contributed by atoms with van der Waals surface area (Å²) in [5.41, 5.74) is 0. The SMILES string of the molecule is O=S([O-])OC(Cl)(Cl)C(Cl)(Cl)C(Cl)(Cl)C(Cl)(Cl)C(Cl)(Cl)C(Cl)(Cl)C(Cl)(Cl)C(Cl)(Cl)C(Cl)(Cl)C(Cl)(Cl)C(Cl)(Cl)C(Cl)(Cl)C(Cl)(Cl)C(Cl)(Cl)C(Cl)(Cl)Cl. The molecule has 0 aromatic heterocycles. The molecule has 0 heterocycles. The topological polar surface area (TPSA) is 49.4 Å². The number of alkyl halides is 31. The summed E-state index contributed by atoms with van der Waals surface area (Å²) in [5.74, 6) is 0. The first-order valence-corrected chi connectivity index (χ1v) is 22.8. The maximum atomic E-state index is 11.1. The molecule has 35 heteroatoms. The van der Waals surface area contributed by atoms with Gasteiger partial charge in [0.15, 0.2) is 47.7 Å². The molecular formula is C15Cl31O3S-. The van der Waals surface area contributed by atoms with E-state index in [9.17, 15) is 8.76 Å². The van der Waals surface area contributed by atoms with Crippen LogP contribution in [-0.4, -0.2) is 73.4 Å². The van der Waals surface area contributed by atoms with Crippen LogP contribution in [-0.2, 0) is 15.5 Å². The number of hydrogen-bond donors (Lipinski definition) is 0. The van der Waals surface area contributed by atoms with Gasteiger partial charge in [0.2, 0.25) is 12.5 Å². The third-order valence-electron chi connectivity index (χ3n) is 5.63. The van der Waals surface area contributed by atoms with Gasteiger partial charge in [-0.05, 0) is 0 Å². The van der Waals surface area contributed by atoms with Gasteiger partial charge in [0, 0.05) is 0 Å². The van der Waals surface area contributed by atoms with Crippen LogP contribution in [0.15, 0.2) is 0 Å². The van der Waals surface area contributed by atoms with Crippen molar-refractivity contribution in [2.75, 3.05) is 0 Å². The van der Waals surface area contributed by atoms with Crippen molar-refractivity contribution in [2.45, 2.75) is 64.6 Å². The van der Waals surface area contributed by atoms with Gasteiger partial charge in [-0.1, -0.05) is 360 Å². The number of rotatable bonds is 15. The first-order chi connectivity index (χ1) is 20.9. The summed E-state index contributed by atoms with van der Waals surface area (Å²) in [4.78, 5) is 0. The van der Waals surface area contributed by atoms with Gasteiger partial charge in [-0.25, -0.2) is 4.21 Å². The molecule has 0 aliphatic carbocycles. The number of halogens is 31. The summed E-state index contributed by atoms with van der Waals surface area (Å²) < 4.78 is -25.4. The predicted molar refractivity (Wildman–Crippen MR) is 232 cm³/mol. The predicted octanol–water partition coefficient (Wildman–Crippen LogP) is 17.6. The van der Waals surface area contributed by atoms with Crippen LogP contribution < -0.4 is 0 Å². The van der Waals surface area contributed by atoms with Crippen LogP contribution in [0, 0.1) is 0 Å². The minimum atomic E-state index is -3.66. The fourth-order valence-corrected chi connectivity index (χ4v) is 13.5. The molecule has 0 radical (unpaired) electrons. The van der Waals surface area contributed by atoms with E-state index in [1.54, 1.807) is 0 Å². The average Bonchev–Trinajstić information content (AvgIpc) is 2.85. The van der Waals surface area contributed by atoms with Crippen molar-refractivity contribution < 1.29 is 12.9 Å². The zero-order valence-corrected chi connectivity index (χ0v) is 45.1. The highest BCUT2D eigenvalue weighted by Crippen LogP contribution is 2.77. The standard InChI is InChI=1S/C15HCl31O3S/c16-1(17,2(18,19)4(22,23)6(26,27)8(30,31)10(34,35)12(38,39)14(42,43)44)3(20,21)5(24,25)7(28,29)9(32,33)11(36,37)13(40,41)15(45,46)49-50(47)48/h(H,47,48)/p-1. The fourth-order valence-electron chi connectivity index (χ4n) is 2.67. The van der Waals surface area contributed by atoms with E-state index in [4.69, 9.17) is 360 Å². The highest BCUT2D eigenvalue weighted by molar-refractivity contribution is 7.74. The second kappa shape index (κ2) is 17.8. The molecule has 0 saturated heterocycles. The van der Waals surface area contributed by atoms with E-state index < -0.39 is 76.0 Å². The van der Waals surface area contributed by atoms with Gasteiger partial charge in [-0.15, -0.1) is 0 Å². The van der Waals surface area contributed by atoms with Crippen LogP contribution in [0.2, 0.25) is 0 Å². The normalized spacial score (nSPS) is 17.7. The maximum absolute atomic E-state index is 11.1. The maximum Gasteiger partial charge on any atom is 0.267 e. The Kier molecular flexibility index (Phi) is 21.0. The molecule has 0 aliphatic heterocycles. The van der Waals surface area contributed by atoms with Crippen LogP contribution >= 0.6 is 360 Å². The van der Waals surface area contributed by atoms with Gasteiger partial charge in [-0.2, -0.15) is 0 Å². The smallest absolute Gasteiger partial charge is 0.267 e. The van der Waals surface area contributed by atoms with Gasteiger partial charge in [0.1, 0.15) is 0 Å². The molecule has 0 N–H and O–H groups in total. The Labute approximate surface area is 441 Å². The Morgan fingerprint density at radius 3 is 0.560 bits per heavy atom. The lowest BCUT2D eigenvalue weighted by Crippen LogP contribution is -2.75. The van der Waals surface area contributed by atoms with Gasteiger partial charge in [-0.3, -0.25) is 4.18 Å². The second-order valence-electron chi connectivity index (χ2n) is 8.77. The van der Waals surface area contributed by atoms with E-state index in [0.717, 1.165) is 0 Å². The summed E-state index contributed by atoms with van der Waals surface area (Å²) in [6.45, 7) is 0. The Hall–Kier alpha value is 9.06. The lowest BCUT2D eigenvalue weighted by atomic mass is 9.97. The van der Waals surface area contributed by atoms with E-state index in [2.05, 4.69) is 4.18 Å². The van der Waals surface area contributed by atoms with Crippen molar-refractivity contribution in [2.24, 2.45) is 0 Å². The summed E-state index contributed by atoms with van der Waals surface area (Å²) >= 11 is 190. The van der Waals surface area contributed by atoms with Crippen LogP contribution in [0.1, 0.15) is 0 Å². The van der Waals surface area contributed by atoms with E-state index in [-0.39, 0.29) is 0 Å². The molecule has 0 fully saturated rings. The van der Waals surface area contributed by atoms with Gasteiger partial charge < -0.3 is 4.55 Å². The highest BCUT2D eigenvalue weighted by Gasteiger charge is 2.87. The quantitative estimate of drug-likeness (QED) is 0.121. The molecule has 302 valence electrons. The summed E-state index contributed by atoms with van der Waals surface area (Å²) in [7, 11) is 0. The van der Waals surface area contributed by atoms with Crippen LogP contribution in [0.25, 0.3) is 0 Å². The van der Waals surface area contributed by atoms with Crippen LogP contribution in [0.4, 0.5) is 0 Å². The molecule has 1 unspecified atom stereocenters. The van der Waals surface area contributed by atoms with Gasteiger partial charge in [0.05, 0.1) is 11.4 Å². The molecule has 0 amide bonds. The molecule has 0 aromatic carbocycles. The van der Waals surface area contributed by atoms with E-state index in [1.807, 2.05) is 0 Å². The lowest BCUT2D eigenvalue weighted by molar-refractivity contribution is 0.205. The highest BCUT2D eigenvalue weighted by atomic mass is 35.6. The first-order valence-electron chi connectivity index (χ1n) is 10.1. The third kappa shape index (κ3) is 9.14. The van der Waals surface area contributed by atoms with E-state index >= 15 is 0 Å². The largest absolute Gasteiger partial charge is 0.750 e. The van der Waals surface area contributed by atoms with E-state index in [1.165, 1.54) is 0 Å². The summed E-state index contributed by atoms with van der Waals surface area (Å²) in [5, 5.41) is 0. The third-order valence-corrected chi connectivity index (χ3v) is 28.1. The van der Waals surface area contributed by atoms with Crippen molar-refractivity contribution in [1.82, 2.24) is 0 Å². The van der Waals surface area contributed by atoms with Crippen molar-refractivity contribution in [3.63, 3.8) is 0 Å². The van der Waals surface area contributed by atoms with Crippen molar-refractivity contribution in [1.29, 1.82) is 0 Å². The molecule has 0 bridgehead atoms. The monoisotopic (exact) mass is 1340 g/mol. The lowest BCUT2D eigenvalue weighted by Gasteiger charge is -2.58. The molecule has 50 heavy (non-hydrogen) atoms. The molecule has 3 nitrogen and oxygen atoms in total. The molecule has 0 rings (SSSR count). The zero-order valence-electron chi connectivity index (χ0n) is 20.8. The zero-order chi connectivity index (χ0) is 41.8. The Morgan fingerprint density at radius 2 is 0.420 bits per heavy atom. The van der Waals surface area contributed by atoms with Gasteiger partial charge in [0.25, 0.3) is 4.52 Å². The van der Waals surface area contributed by atoms with Crippen molar-refractivity contribution in [3.8, 4) is 0 Å². The fraction of sp³-hybridized carbons (Fsp3) is 1.00. The van der Waals surface area contributed by atoms with Crippen molar-refractivity contribution in [3.05, 3.63) is 0 Å². The van der Waals surface area contributed by atoms with Crippen molar-refractivity contribution >= 4 is 371 Å². The first kappa shape index (κ1) is 59.1. The summed E-state index contributed by atoms with van der Waals surface area (Å²) in [6, 6.07) is 0. The number of hydrogen-bond acceptors (Lipinski definition) is 3. The molecular weight excluding hydrogens is 1360 g/mol. The van der Waals surface area contributed by atoms with Crippen LogP contribution in [0.3, 0.4) is 0 Å². The molecule has 1 atom stereocenters. The minimum absolute atomic E-state index is 2.85. The molecule has 0 spiro atoms. The van der Waals surface area contributed by atoms with Gasteiger partial charge >= 0.3 is 0 Å².